The van der Waals surface area contributed by atoms with Gasteiger partial charge < -0.3 is 20.1 Å². The summed E-state index contributed by atoms with van der Waals surface area (Å²) < 4.78 is 12.3. The number of aromatic nitrogens is 3. The number of carbonyl (C=O) groups is 1. The maximum absolute atomic E-state index is 12.2. The molecule has 25 heavy (non-hydrogen) atoms. The number of benzene rings is 1. The average molecular weight is 368 g/mol. The predicted molar refractivity (Wildman–Crippen MR) is 94.2 cm³/mol. The molecule has 1 fully saturated rings. The van der Waals surface area contributed by atoms with Crippen LogP contribution in [0.3, 0.4) is 0 Å². The van der Waals surface area contributed by atoms with E-state index < -0.39 is 0 Å². The van der Waals surface area contributed by atoms with Crippen molar-refractivity contribution >= 4 is 18.3 Å². The molecule has 0 saturated carbocycles. The van der Waals surface area contributed by atoms with Crippen molar-refractivity contribution in [1.82, 2.24) is 25.6 Å². The van der Waals surface area contributed by atoms with Gasteiger partial charge in [-0.3, -0.25) is 4.79 Å². The number of nitrogens with zero attached hydrogens (tertiary/aromatic N) is 3. The molecule has 3 rings (SSSR count). The second-order valence-corrected chi connectivity index (χ2v) is 5.58. The van der Waals surface area contributed by atoms with Crippen molar-refractivity contribution in [2.45, 2.75) is 25.6 Å². The Hall–Kier alpha value is -2.16. The number of morpholine rings is 1. The number of methoxy groups -OCH3 is 1. The number of rotatable bonds is 5. The van der Waals surface area contributed by atoms with Crippen molar-refractivity contribution in [3.8, 4) is 11.4 Å². The quantitative estimate of drug-likeness (QED) is 0.808. The Morgan fingerprint density at radius 2 is 2.20 bits per heavy atom. The highest BCUT2D eigenvalue weighted by Gasteiger charge is 2.28. The Morgan fingerprint density at radius 1 is 1.44 bits per heavy atom. The lowest BCUT2D eigenvalue weighted by Crippen LogP contribution is -2.55. The van der Waals surface area contributed by atoms with E-state index in [4.69, 9.17) is 9.47 Å². The minimum atomic E-state index is -0.338. The predicted octanol–water partition coefficient (Wildman–Crippen LogP) is 0.691. The summed E-state index contributed by atoms with van der Waals surface area (Å²) in [7, 11) is 1.62. The maximum Gasteiger partial charge on any atom is 0.240 e. The molecular formula is C16H22ClN5O3. The Balaban J connectivity index is 0.00000225. The molecule has 9 heteroatoms. The number of halogens is 1. The van der Waals surface area contributed by atoms with Crippen LogP contribution in [-0.4, -0.2) is 53.3 Å². The molecule has 0 unspecified atom stereocenters. The van der Waals surface area contributed by atoms with Crippen LogP contribution in [0.1, 0.15) is 12.6 Å². The lowest BCUT2D eigenvalue weighted by atomic mass is 10.1. The van der Waals surface area contributed by atoms with Crippen molar-refractivity contribution in [2.24, 2.45) is 0 Å². The van der Waals surface area contributed by atoms with Crippen LogP contribution >= 0.6 is 12.4 Å². The number of hydrogen-bond acceptors (Lipinski definition) is 6. The van der Waals surface area contributed by atoms with E-state index in [0.29, 0.717) is 25.4 Å². The van der Waals surface area contributed by atoms with Gasteiger partial charge in [0.05, 0.1) is 38.2 Å². The molecule has 8 nitrogen and oxygen atoms in total. The molecule has 0 aliphatic carbocycles. The van der Waals surface area contributed by atoms with E-state index in [1.54, 1.807) is 18.0 Å². The van der Waals surface area contributed by atoms with Crippen LogP contribution in [0.2, 0.25) is 0 Å². The third kappa shape index (κ3) is 4.68. The van der Waals surface area contributed by atoms with Gasteiger partial charge in [0, 0.05) is 6.54 Å². The summed E-state index contributed by atoms with van der Waals surface area (Å²) in [6.45, 7) is 3.51. The van der Waals surface area contributed by atoms with Gasteiger partial charge in [0.25, 0.3) is 0 Å². The van der Waals surface area contributed by atoms with Gasteiger partial charge in [0.2, 0.25) is 5.91 Å². The summed E-state index contributed by atoms with van der Waals surface area (Å²) in [6, 6.07) is 7.15. The standard InChI is InChI=1S/C16H21N5O3.ClH/c1-11-15(17-7-8-24-11)16(22)18-9-12-10-21(20-19-12)13-3-5-14(23-2)6-4-13;/h3-6,10-11,15,17H,7-9H2,1-2H3,(H,18,22);1H/t11-,15+;/m1./s1. The third-order valence-electron chi connectivity index (χ3n) is 3.92. The van der Waals surface area contributed by atoms with Crippen LogP contribution in [0.25, 0.3) is 5.69 Å². The highest BCUT2D eigenvalue weighted by Crippen LogP contribution is 2.14. The molecule has 2 aromatic rings. The number of carbonyl (C=O) groups excluding carboxylic acids is 1. The maximum atomic E-state index is 12.2. The second-order valence-electron chi connectivity index (χ2n) is 5.58. The minimum absolute atomic E-state index is 0. The van der Waals surface area contributed by atoms with Crippen molar-refractivity contribution in [3.05, 3.63) is 36.2 Å². The molecule has 0 spiro atoms. The Labute approximate surface area is 152 Å². The van der Waals surface area contributed by atoms with E-state index in [2.05, 4.69) is 20.9 Å². The molecule has 1 aromatic carbocycles. The van der Waals surface area contributed by atoms with Crippen molar-refractivity contribution in [3.63, 3.8) is 0 Å². The van der Waals surface area contributed by atoms with Crippen LogP contribution in [0, 0.1) is 0 Å². The second kappa shape index (κ2) is 8.80. The first-order valence-corrected chi connectivity index (χ1v) is 7.86. The molecule has 1 aliphatic rings. The largest absolute Gasteiger partial charge is 0.497 e. The first-order chi connectivity index (χ1) is 11.7. The van der Waals surface area contributed by atoms with Gasteiger partial charge in [-0.05, 0) is 31.2 Å². The number of hydrogen-bond donors (Lipinski definition) is 2. The fraction of sp³-hybridized carbons (Fsp3) is 0.438. The van der Waals surface area contributed by atoms with Crippen LogP contribution < -0.4 is 15.4 Å². The van der Waals surface area contributed by atoms with Crippen molar-refractivity contribution in [2.75, 3.05) is 20.3 Å². The van der Waals surface area contributed by atoms with Crippen LogP contribution in [-0.2, 0) is 16.1 Å². The molecule has 136 valence electrons. The van der Waals surface area contributed by atoms with Crippen LogP contribution in [0.15, 0.2) is 30.5 Å². The number of amides is 1. The smallest absolute Gasteiger partial charge is 0.240 e. The van der Waals surface area contributed by atoms with Gasteiger partial charge in [-0.1, -0.05) is 5.21 Å². The summed E-state index contributed by atoms with van der Waals surface area (Å²) in [5, 5.41) is 14.2. The zero-order chi connectivity index (χ0) is 16.9. The molecule has 2 atom stereocenters. The summed E-state index contributed by atoms with van der Waals surface area (Å²) in [4.78, 5) is 12.2. The molecule has 2 N–H and O–H groups in total. The van der Waals surface area contributed by atoms with E-state index in [1.165, 1.54) is 0 Å². The van der Waals surface area contributed by atoms with Crippen LogP contribution in [0.4, 0.5) is 0 Å². The van der Waals surface area contributed by atoms with Gasteiger partial charge in [-0.25, -0.2) is 4.68 Å². The van der Waals surface area contributed by atoms with E-state index in [-0.39, 0.29) is 30.5 Å². The first-order valence-electron chi connectivity index (χ1n) is 7.86. The van der Waals surface area contributed by atoms with Gasteiger partial charge in [-0.2, -0.15) is 0 Å². The normalized spacial score (nSPS) is 19.8. The minimum Gasteiger partial charge on any atom is -0.497 e. The first kappa shape index (κ1) is 19.2. The molecule has 0 radical (unpaired) electrons. The van der Waals surface area contributed by atoms with E-state index in [0.717, 1.165) is 11.4 Å². The fourth-order valence-corrected chi connectivity index (χ4v) is 2.56. The van der Waals surface area contributed by atoms with Gasteiger partial charge in [0.1, 0.15) is 17.5 Å². The molecule has 2 heterocycles. The fourth-order valence-electron chi connectivity index (χ4n) is 2.56. The molecule has 1 aromatic heterocycles. The number of nitrogens with one attached hydrogen (secondary N) is 2. The molecular weight excluding hydrogens is 346 g/mol. The summed E-state index contributed by atoms with van der Waals surface area (Å²) >= 11 is 0. The van der Waals surface area contributed by atoms with E-state index >= 15 is 0 Å². The van der Waals surface area contributed by atoms with Crippen LogP contribution in [0.5, 0.6) is 5.75 Å². The summed E-state index contributed by atoms with van der Waals surface area (Å²) in [5.74, 6) is 0.684. The highest BCUT2D eigenvalue weighted by atomic mass is 35.5. The zero-order valence-electron chi connectivity index (χ0n) is 14.1. The van der Waals surface area contributed by atoms with E-state index in [9.17, 15) is 4.79 Å². The summed E-state index contributed by atoms with van der Waals surface area (Å²) in [5.41, 5.74) is 1.56. The number of ether oxygens (including phenoxy) is 2. The molecule has 1 amide bonds. The van der Waals surface area contributed by atoms with Gasteiger partial charge >= 0.3 is 0 Å². The lowest BCUT2D eigenvalue weighted by molar-refractivity contribution is -0.129. The average Bonchev–Trinajstić information content (AvgIpc) is 3.09. The lowest BCUT2D eigenvalue weighted by Gasteiger charge is -2.29. The highest BCUT2D eigenvalue weighted by molar-refractivity contribution is 5.85. The molecule has 1 aliphatic heterocycles. The third-order valence-corrected chi connectivity index (χ3v) is 3.92. The van der Waals surface area contributed by atoms with Gasteiger partial charge in [-0.15, -0.1) is 17.5 Å². The SMILES string of the molecule is COc1ccc(-n2cc(CNC(=O)[C@H]3NCCO[C@@H]3C)nn2)cc1.Cl. The topological polar surface area (TPSA) is 90.3 Å². The van der Waals surface area contributed by atoms with Crippen molar-refractivity contribution < 1.29 is 14.3 Å². The molecule has 1 saturated heterocycles. The Bertz CT molecular complexity index is 691. The Morgan fingerprint density at radius 3 is 2.88 bits per heavy atom. The summed E-state index contributed by atoms with van der Waals surface area (Å²) in [6.07, 6.45) is 1.64. The van der Waals surface area contributed by atoms with E-state index in [1.807, 2.05) is 31.2 Å². The monoisotopic (exact) mass is 367 g/mol. The zero-order valence-corrected chi connectivity index (χ0v) is 15.0. The van der Waals surface area contributed by atoms with Crippen molar-refractivity contribution in [1.29, 1.82) is 0 Å². The Kier molecular flexibility index (Phi) is 6.74. The molecule has 0 bridgehead atoms. The van der Waals surface area contributed by atoms with Gasteiger partial charge in [0.15, 0.2) is 0 Å².